The van der Waals surface area contributed by atoms with Crippen molar-refractivity contribution in [2.75, 3.05) is 6.54 Å². The summed E-state index contributed by atoms with van der Waals surface area (Å²) in [4.78, 5) is 55.6. The van der Waals surface area contributed by atoms with E-state index in [9.17, 15) is 32.7 Å². The third kappa shape index (κ3) is 7.67. The first kappa shape index (κ1) is 36.4. The summed E-state index contributed by atoms with van der Waals surface area (Å²) in [5.74, 6) is -2.51. The monoisotopic (exact) mass is 710 g/mol. The Morgan fingerprint density at radius 2 is 1.61 bits per heavy atom. The van der Waals surface area contributed by atoms with Crippen LogP contribution in [-0.2, 0) is 29.2 Å². The van der Waals surface area contributed by atoms with E-state index in [1.54, 1.807) is 32.5 Å². The summed E-state index contributed by atoms with van der Waals surface area (Å²) in [5, 5.41) is 14.3. The van der Waals surface area contributed by atoms with Crippen molar-refractivity contribution in [3.05, 3.63) is 72.8 Å². The highest BCUT2D eigenvalue weighted by atomic mass is 32.2. The minimum Gasteiger partial charge on any atom is -0.465 e. The molecule has 0 aromatic heterocycles. The molecule has 4 amide bonds. The molecule has 1 heterocycles. The molecule has 1 aliphatic heterocycles. The Morgan fingerprint density at radius 1 is 1.00 bits per heavy atom. The molecule has 2 saturated carbocycles. The second-order valence-electron chi connectivity index (χ2n) is 14.7. The summed E-state index contributed by atoms with van der Waals surface area (Å²) in [6, 6.07) is 15.7. The van der Waals surface area contributed by atoms with E-state index in [2.05, 4.69) is 21.9 Å². The largest absolute Gasteiger partial charge is 0.465 e. The van der Waals surface area contributed by atoms with Gasteiger partial charge in [0.2, 0.25) is 21.8 Å². The maximum Gasteiger partial charge on any atom is 0.405 e. The second kappa shape index (κ2) is 13.5. The highest BCUT2D eigenvalue weighted by Gasteiger charge is 2.62. The molecule has 2 aromatic rings. The quantitative estimate of drug-likeness (QED) is 0.232. The van der Waals surface area contributed by atoms with Crippen molar-refractivity contribution < 1.29 is 32.7 Å². The SMILES string of the molecule is C=C[C@@H]1C[C@]1(NC(=O)[C@@H]1C[C@@](SC(C)C)(c2ccc(-c3ccccc3)cc2)CN1C(=O)[C@@H](NC(=O)O)C(C)(C)C)C(=O)NS(=O)(=O)C1CC1. The molecular formula is C36H46N4O7S2. The van der Waals surface area contributed by atoms with Crippen molar-refractivity contribution in [2.45, 2.75) is 93.2 Å². The van der Waals surface area contributed by atoms with E-state index < -0.39 is 72.8 Å². The number of nitrogens with one attached hydrogen (secondary N) is 3. The fourth-order valence-electron chi connectivity index (χ4n) is 6.71. The fourth-order valence-corrected chi connectivity index (χ4v) is 9.71. The van der Waals surface area contributed by atoms with Crippen molar-refractivity contribution in [3.8, 4) is 11.1 Å². The summed E-state index contributed by atoms with van der Waals surface area (Å²) in [6.45, 7) is 13.2. The van der Waals surface area contributed by atoms with Crippen LogP contribution in [0, 0.1) is 11.3 Å². The first-order valence-electron chi connectivity index (χ1n) is 16.6. The molecule has 3 fully saturated rings. The number of thioether (sulfide) groups is 1. The third-order valence-electron chi connectivity index (χ3n) is 9.52. The number of benzene rings is 2. The van der Waals surface area contributed by atoms with Gasteiger partial charge in [-0.05, 0) is 53.0 Å². The first-order chi connectivity index (χ1) is 22.9. The van der Waals surface area contributed by atoms with Gasteiger partial charge in [-0.25, -0.2) is 13.2 Å². The Balaban J connectivity index is 1.53. The fraction of sp³-hybridized carbons (Fsp3) is 0.500. The molecule has 0 unspecified atom stereocenters. The van der Waals surface area contributed by atoms with Crippen molar-refractivity contribution in [2.24, 2.45) is 11.3 Å². The number of carbonyl (C=O) groups is 4. The Bertz CT molecular complexity index is 1720. The molecule has 11 nitrogen and oxygen atoms in total. The molecule has 0 radical (unpaired) electrons. The number of sulfonamides is 1. The van der Waals surface area contributed by atoms with Gasteiger partial charge in [-0.1, -0.05) is 95.3 Å². The first-order valence-corrected chi connectivity index (χ1v) is 19.0. The summed E-state index contributed by atoms with van der Waals surface area (Å²) in [7, 11) is -3.89. The van der Waals surface area contributed by atoms with Gasteiger partial charge in [-0.2, -0.15) is 0 Å². The van der Waals surface area contributed by atoms with E-state index in [4.69, 9.17) is 0 Å². The molecule has 4 N–H and O–H groups in total. The molecule has 5 rings (SSSR count). The van der Waals surface area contributed by atoms with Crippen molar-refractivity contribution in [1.29, 1.82) is 0 Å². The van der Waals surface area contributed by atoms with Crippen LogP contribution in [0.15, 0.2) is 67.3 Å². The lowest BCUT2D eigenvalue weighted by atomic mass is 9.85. The molecule has 3 aliphatic rings. The van der Waals surface area contributed by atoms with Crippen LogP contribution in [0.3, 0.4) is 0 Å². The Morgan fingerprint density at radius 3 is 2.12 bits per heavy atom. The molecule has 2 aromatic carbocycles. The van der Waals surface area contributed by atoms with Gasteiger partial charge in [-0.15, -0.1) is 18.3 Å². The lowest BCUT2D eigenvalue weighted by Crippen LogP contribution is -2.60. The highest BCUT2D eigenvalue weighted by Crippen LogP contribution is 2.51. The molecule has 49 heavy (non-hydrogen) atoms. The standard InChI is InChI=1S/C36H46N4O7S2/c1-7-25-19-36(25,32(43)39-49(46,47)27-17-18-27)38-30(41)28-20-35(48-22(2)3,21-40(28)31(42)29(34(4,5)6)37-33(44)45)26-15-13-24(14-16-26)23-11-9-8-10-12-23/h7-16,22,25,27-29,37H,1,17-21H2,2-6H3,(H,38,41)(H,39,43)(H,44,45)/t25-,28+,29-,35+,36-/m1/s1. The summed E-state index contributed by atoms with van der Waals surface area (Å²) in [6.07, 6.45) is 1.42. The van der Waals surface area contributed by atoms with Crippen LogP contribution in [0.25, 0.3) is 11.1 Å². The number of likely N-dealkylation sites (tertiary alicyclic amines) is 1. The van der Waals surface area contributed by atoms with Gasteiger partial charge in [0.05, 0.1) is 10.00 Å². The zero-order valence-corrected chi connectivity index (χ0v) is 30.2. The number of carbonyl (C=O) groups excluding carboxylic acids is 3. The minimum atomic E-state index is -3.89. The normalized spacial score (nSPS) is 25.7. The molecule has 1 saturated heterocycles. The van der Waals surface area contributed by atoms with Crippen LogP contribution >= 0.6 is 11.8 Å². The maximum absolute atomic E-state index is 14.4. The van der Waals surface area contributed by atoms with Crippen LogP contribution < -0.4 is 15.4 Å². The van der Waals surface area contributed by atoms with Crippen molar-refractivity contribution in [1.82, 2.24) is 20.3 Å². The van der Waals surface area contributed by atoms with Gasteiger partial charge < -0.3 is 20.6 Å². The second-order valence-corrected chi connectivity index (χ2v) is 18.6. The van der Waals surface area contributed by atoms with Gasteiger partial charge in [0.25, 0.3) is 5.91 Å². The van der Waals surface area contributed by atoms with Crippen LogP contribution in [-0.4, -0.2) is 76.9 Å². The average molecular weight is 711 g/mol. The predicted molar refractivity (Wildman–Crippen MR) is 190 cm³/mol. The average Bonchev–Trinajstić information content (AvgIpc) is 3.96. The Hall–Kier alpha value is -3.84. The van der Waals surface area contributed by atoms with Crippen molar-refractivity contribution in [3.63, 3.8) is 0 Å². The number of nitrogens with zero attached hydrogens (tertiary/aromatic N) is 1. The number of hydrogen-bond donors (Lipinski definition) is 4. The van der Waals surface area contributed by atoms with Gasteiger partial charge >= 0.3 is 6.09 Å². The topological polar surface area (TPSA) is 162 Å². The molecular weight excluding hydrogens is 665 g/mol. The van der Waals surface area contributed by atoms with Crippen LogP contribution in [0.4, 0.5) is 4.79 Å². The lowest BCUT2D eigenvalue weighted by molar-refractivity contribution is -0.142. The minimum absolute atomic E-state index is 0.0847. The zero-order chi connectivity index (χ0) is 35.9. The molecule has 13 heteroatoms. The van der Waals surface area contributed by atoms with E-state index in [0.29, 0.717) is 12.8 Å². The van der Waals surface area contributed by atoms with Gasteiger partial charge in [-0.3, -0.25) is 19.1 Å². The molecule has 0 bridgehead atoms. The van der Waals surface area contributed by atoms with Gasteiger partial charge in [0, 0.05) is 12.5 Å². The van der Waals surface area contributed by atoms with E-state index in [-0.39, 0.29) is 24.6 Å². The van der Waals surface area contributed by atoms with Crippen LogP contribution in [0.2, 0.25) is 0 Å². The predicted octanol–water partition coefficient (Wildman–Crippen LogP) is 4.64. The number of carboxylic acid groups (broad SMARTS) is 1. The highest BCUT2D eigenvalue weighted by molar-refractivity contribution is 8.00. The number of hydrogen-bond acceptors (Lipinski definition) is 7. The Labute approximate surface area is 292 Å². The van der Waals surface area contributed by atoms with Gasteiger partial charge in [0.15, 0.2) is 0 Å². The molecule has 0 spiro atoms. The van der Waals surface area contributed by atoms with E-state index >= 15 is 0 Å². The smallest absolute Gasteiger partial charge is 0.405 e. The number of rotatable bonds is 12. The van der Waals surface area contributed by atoms with Crippen molar-refractivity contribution >= 4 is 45.6 Å². The molecule has 5 atom stereocenters. The third-order valence-corrected chi connectivity index (χ3v) is 12.8. The van der Waals surface area contributed by atoms with Crippen LogP contribution in [0.5, 0.6) is 0 Å². The van der Waals surface area contributed by atoms with Crippen LogP contribution in [0.1, 0.15) is 65.9 Å². The summed E-state index contributed by atoms with van der Waals surface area (Å²) >= 11 is 1.62. The van der Waals surface area contributed by atoms with E-state index in [1.165, 1.54) is 11.0 Å². The van der Waals surface area contributed by atoms with E-state index in [0.717, 1.165) is 16.7 Å². The molecule has 264 valence electrons. The lowest BCUT2D eigenvalue weighted by Gasteiger charge is -2.36. The summed E-state index contributed by atoms with van der Waals surface area (Å²) in [5.41, 5.74) is 0.571. The summed E-state index contributed by atoms with van der Waals surface area (Å²) < 4.78 is 26.8. The van der Waals surface area contributed by atoms with Gasteiger partial charge in [0.1, 0.15) is 17.6 Å². The zero-order valence-electron chi connectivity index (χ0n) is 28.6. The number of amides is 4. The Kier molecular flexibility index (Phi) is 10.0. The maximum atomic E-state index is 14.4. The molecule has 2 aliphatic carbocycles. The van der Waals surface area contributed by atoms with E-state index in [1.807, 2.05) is 68.4 Å².